The predicted molar refractivity (Wildman–Crippen MR) is 135 cm³/mol. The average molecular weight is 675 g/mol. The summed E-state index contributed by atoms with van der Waals surface area (Å²) in [4.78, 5) is 1.19. The second kappa shape index (κ2) is 9.27. The zero-order valence-corrected chi connectivity index (χ0v) is 23.1. The molecule has 202 valence electrons. The monoisotopic (exact) mass is 674 g/mol. The van der Waals surface area contributed by atoms with E-state index in [0.717, 1.165) is 0 Å². The normalized spacial score (nSPS) is 15.1. The smallest absolute Gasteiger partial charge is 1.00 e. The van der Waals surface area contributed by atoms with Crippen molar-refractivity contribution in [2.75, 3.05) is 0 Å². The fourth-order valence-electron chi connectivity index (χ4n) is 3.83. The van der Waals surface area contributed by atoms with Gasteiger partial charge in [0, 0.05) is 14.7 Å². The first kappa shape index (κ1) is 28.9. The molecule has 0 radical (unpaired) electrons. The molecule has 0 saturated heterocycles. The minimum absolute atomic E-state index is 0. The van der Waals surface area contributed by atoms with E-state index in [0.29, 0.717) is 20.4 Å². The van der Waals surface area contributed by atoms with Gasteiger partial charge in [0.2, 0.25) is 0 Å². The number of benzene rings is 4. The molecule has 0 amide bonds. The third kappa shape index (κ3) is 6.43. The topological polar surface area (TPSA) is 63.6 Å². The molecule has 4 rings (SSSR count). The third-order valence-corrected chi connectivity index (χ3v) is 15.0. The minimum atomic E-state index is -11.2. The molecule has 0 fully saturated rings. The molecule has 4 nitrogen and oxygen atoms in total. The van der Waals surface area contributed by atoms with Gasteiger partial charge in [0.1, 0.15) is 5.75 Å². The second-order valence-corrected chi connectivity index (χ2v) is 21.3. The molecular weight excluding hydrogens is 652 g/mol. The van der Waals surface area contributed by atoms with Gasteiger partial charge >= 0.3 is 46.9 Å². The Kier molecular flexibility index (Phi) is 7.24. The molecule has 0 atom stereocenters. The van der Waals surface area contributed by atoms with Gasteiger partial charge in [0.25, 0.3) is 0 Å². The Hall–Kier alpha value is -2.66. The molecule has 0 aromatic heterocycles. The van der Waals surface area contributed by atoms with Gasteiger partial charge in [-0.15, -0.1) is 0 Å². The predicted octanol–water partition coefficient (Wildman–Crippen LogP) is 8.29. The third-order valence-electron chi connectivity index (χ3n) is 5.14. The van der Waals surface area contributed by atoms with Crippen LogP contribution in [0.5, 0.6) is 5.75 Å². The average Bonchev–Trinajstić information content (AvgIpc) is 2.82. The summed E-state index contributed by atoms with van der Waals surface area (Å²) < 4.78 is 105. The number of hydrogen-bond donors (Lipinski definition) is 2. The zero-order valence-electron chi connectivity index (χ0n) is 19.8. The van der Waals surface area contributed by atoms with Gasteiger partial charge in [0.05, 0.1) is 0 Å². The molecule has 4 aromatic rings. The Morgan fingerprint density at radius 1 is 0.568 bits per heavy atom. The number of para-hydroxylation sites is 1. The van der Waals surface area contributed by atoms with Gasteiger partial charge < -0.3 is 4.18 Å². The van der Waals surface area contributed by atoms with Crippen molar-refractivity contribution in [2.24, 2.45) is 0 Å². The van der Waals surface area contributed by atoms with Gasteiger partial charge in [-0.1, -0.05) is 72.8 Å². The van der Waals surface area contributed by atoms with Crippen molar-refractivity contribution in [1.29, 1.82) is 0 Å². The molecule has 4 aromatic carbocycles. The van der Waals surface area contributed by atoms with Crippen molar-refractivity contribution < 1.29 is 35.5 Å². The van der Waals surface area contributed by atoms with Crippen LogP contribution in [0.1, 0.15) is 1.43 Å². The summed E-state index contributed by atoms with van der Waals surface area (Å²) >= 11 is -11.2. The molecule has 0 aliphatic carbocycles. The molecule has 0 heterocycles. The Morgan fingerprint density at radius 2 is 0.811 bits per heavy atom. The second-order valence-electron chi connectivity index (χ2n) is 7.77. The maximum atomic E-state index is 13.7. The number of hydrogen-bond acceptors (Lipinski definition) is 3. The fourth-order valence-corrected chi connectivity index (χ4v) is 12.6. The van der Waals surface area contributed by atoms with Crippen molar-refractivity contribution in [3.8, 4) is 5.75 Å². The van der Waals surface area contributed by atoms with Gasteiger partial charge in [0.15, 0.2) is 0 Å². The summed E-state index contributed by atoms with van der Waals surface area (Å²) in [5.74, 6) is 0.351. The van der Waals surface area contributed by atoms with E-state index in [1.165, 1.54) is 0 Å². The van der Waals surface area contributed by atoms with Crippen LogP contribution in [0.4, 0.5) is 16.9 Å². The summed E-state index contributed by atoms with van der Waals surface area (Å²) in [6, 6.07) is 34.9. The zero-order chi connectivity index (χ0) is 27.5. The standard InChI is InChI=1S/C24H22O4S2.6FH.Sb/c25-29(26,27)30(22-15-7-2-8-16-22,23-17-9-3-10-18-23,24-19-11-4-12-20-24)28-21-13-5-1-6-14-21;;;;;;;/h1-20,30H,(H,25,26,27);6*1H;/q;;;;;;;+5/p-5. The van der Waals surface area contributed by atoms with Gasteiger partial charge in [-0.2, -0.15) is 8.42 Å². The molecular formula is C24H23F6O4S2Sb. The minimum Gasteiger partial charge on any atom is 1.00 e. The molecule has 1 N–H and O–H groups in total. The molecule has 13 heteroatoms. The largest absolute Gasteiger partial charge is 1.00 e. The summed E-state index contributed by atoms with van der Waals surface area (Å²) in [6.45, 7) is 0. The first-order valence-corrected chi connectivity index (χ1v) is 20.4. The van der Waals surface area contributed by atoms with Gasteiger partial charge in [-0.25, -0.2) is 0 Å². The summed E-state index contributed by atoms with van der Waals surface area (Å²) in [5.41, 5.74) is 0. The van der Waals surface area contributed by atoms with E-state index in [-0.39, 0.29) is 1.43 Å². The van der Waals surface area contributed by atoms with E-state index in [2.05, 4.69) is 0 Å². The van der Waals surface area contributed by atoms with Crippen LogP contribution in [0.3, 0.4) is 0 Å². The molecule has 0 bridgehead atoms. The van der Waals surface area contributed by atoms with Crippen molar-refractivity contribution >= 4 is 37.1 Å². The summed E-state index contributed by atoms with van der Waals surface area (Å²) in [7, 11) is -9.75. The number of rotatable bonds is 6. The maximum absolute atomic E-state index is 13.7. The van der Waals surface area contributed by atoms with Crippen LogP contribution in [-0.2, 0) is 9.15 Å². The van der Waals surface area contributed by atoms with Crippen molar-refractivity contribution in [2.45, 2.75) is 14.7 Å². The quantitative estimate of drug-likeness (QED) is 0.0711. The SMILES string of the molecule is O=S(=O)(O)[SH](Oc1ccccc1)(c1ccccc1)(c1ccccc1)c1ccccc1.[F][Sb-]([F])([F])([F])([F])[F].[H+]. The van der Waals surface area contributed by atoms with Crippen LogP contribution < -0.4 is 4.18 Å². The molecule has 0 unspecified atom stereocenters. The molecule has 37 heavy (non-hydrogen) atoms. The van der Waals surface area contributed by atoms with Crippen molar-refractivity contribution in [3.05, 3.63) is 121 Å². The molecule has 0 saturated carbocycles. The Labute approximate surface area is 213 Å². The van der Waals surface area contributed by atoms with E-state index < -0.39 is 37.1 Å². The van der Waals surface area contributed by atoms with Crippen LogP contribution in [0.25, 0.3) is 0 Å². The van der Waals surface area contributed by atoms with Crippen molar-refractivity contribution in [1.82, 2.24) is 0 Å². The van der Waals surface area contributed by atoms with E-state index in [1.54, 1.807) is 115 Å². The Balaban J connectivity index is 0.000000561. The fraction of sp³-hybridized carbons (Fsp3) is 0. The summed E-state index contributed by atoms with van der Waals surface area (Å²) in [6.07, 6.45) is 0. The Morgan fingerprint density at radius 3 is 1.05 bits per heavy atom. The maximum Gasteiger partial charge on any atom is 1.00 e. The van der Waals surface area contributed by atoms with Crippen LogP contribution in [0.2, 0.25) is 0 Å². The number of halogens is 6. The van der Waals surface area contributed by atoms with E-state index in [1.807, 2.05) is 6.07 Å². The first-order chi connectivity index (χ1) is 16.9. The van der Waals surface area contributed by atoms with E-state index in [9.17, 15) is 29.8 Å². The van der Waals surface area contributed by atoms with Gasteiger partial charge in [-0.05, 0) is 57.0 Å². The van der Waals surface area contributed by atoms with Crippen LogP contribution in [0.15, 0.2) is 136 Å². The molecule has 0 aliphatic rings. The first-order valence-electron chi connectivity index (χ1n) is 10.4. The van der Waals surface area contributed by atoms with Gasteiger partial charge in [-0.3, -0.25) is 4.55 Å². The van der Waals surface area contributed by atoms with Crippen molar-refractivity contribution in [3.63, 3.8) is 0 Å². The molecule has 0 aliphatic heterocycles. The van der Waals surface area contributed by atoms with Crippen LogP contribution >= 0.6 is 8.47 Å². The molecule has 0 spiro atoms. The van der Waals surface area contributed by atoms with E-state index in [4.69, 9.17) is 4.18 Å². The van der Waals surface area contributed by atoms with Crippen LogP contribution in [-0.4, -0.2) is 32.4 Å². The number of thiol groups is 1. The summed E-state index contributed by atoms with van der Waals surface area (Å²) in [5, 5.41) is 0. The van der Waals surface area contributed by atoms with Crippen LogP contribution in [0, 0.1) is 0 Å². The van der Waals surface area contributed by atoms with E-state index >= 15 is 0 Å². The Bertz CT molecular complexity index is 1350.